The number of ether oxygens (including phenoxy) is 1. The van der Waals surface area contributed by atoms with E-state index in [1.54, 1.807) is 12.1 Å². The summed E-state index contributed by atoms with van der Waals surface area (Å²) in [6.07, 6.45) is 6.01. The van der Waals surface area contributed by atoms with Gasteiger partial charge in [0, 0.05) is 38.2 Å². The van der Waals surface area contributed by atoms with Crippen molar-refractivity contribution in [2.75, 3.05) is 33.3 Å². The summed E-state index contributed by atoms with van der Waals surface area (Å²) in [6.45, 7) is 3.22. The molecule has 146 valence electrons. The van der Waals surface area contributed by atoms with Gasteiger partial charge >= 0.3 is 0 Å². The fraction of sp³-hybridized carbons (Fsp3) is 0.619. The number of hydrogen-bond donors (Lipinski definition) is 1. The van der Waals surface area contributed by atoms with E-state index in [4.69, 9.17) is 4.74 Å². The van der Waals surface area contributed by atoms with E-state index in [9.17, 15) is 14.7 Å². The van der Waals surface area contributed by atoms with Crippen molar-refractivity contribution in [2.24, 2.45) is 11.3 Å². The number of piperidine rings is 2. The van der Waals surface area contributed by atoms with E-state index < -0.39 is 0 Å². The van der Waals surface area contributed by atoms with Crippen LogP contribution >= 0.6 is 0 Å². The van der Waals surface area contributed by atoms with Crippen LogP contribution < -0.4 is 4.74 Å². The summed E-state index contributed by atoms with van der Waals surface area (Å²) in [4.78, 5) is 29.1. The Labute approximate surface area is 160 Å². The van der Waals surface area contributed by atoms with Gasteiger partial charge in [0.1, 0.15) is 0 Å². The molecule has 1 aliphatic carbocycles. The summed E-state index contributed by atoms with van der Waals surface area (Å²) in [7, 11) is 1.48. The van der Waals surface area contributed by atoms with Crippen molar-refractivity contribution in [3.05, 3.63) is 23.8 Å². The lowest BCUT2D eigenvalue weighted by Crippen LogP contribution is -2.52. The molecule has 4 rings (SSSR count). The first-order chi connectivity index (χ1) is 13.0. The number of methoxy groups -OCH3 is 1. The Kier molecular flexibility index (Phi) is 4.74. The van der Waals surface area contributed by atoms with Gasteiger partial charge in [0.25, 0.3) is 5.91 Å². The van der Waals surface area contributed by atoms with Crippen molar-refractivity contribution >= 4 is 11.8 Å². The number of phenols is 1. The minimum atomic E-state index is -0.0233. The summed E-state index contributed by atoms with van der Waals surface area (Å²) in [5.74, 6) is 1.35. The lowest BCUT2D eigenvalue weighted by molar-refractivity contribution is -0.139. The van der Waals surface area contributed by atoms with Crippen molar-refractivity contribution in [3.8, 4) is 11.5 Å². The molecule has 6 heteroatoms. The van der Waals surface area contributed by atoms with Crippen LogP contribution in [0.15, 0.2) is 18.2 Å². The molecule has 0 aromatic heterocycles. The normalized spacial score (nSPS) is 22.2. The number of carbonyl (C=O) groups excluding carboxylic acids is 2. The van der Waals surface area contributed by atoms with E-state index in [-0.39, 0.29) is 17.1 Å². The number of aromatic hydroxyl groups is 1. The van der Waals surface area contributed by atoms with Crippen LogP contribution in [-0.2, 0) is 4.79 Å². The van der Waals surface area contributed by atoms with Gasteiger partial charge < -0.3 is 19.6 Å². The molecule has 0 radical (unpaired) electrons. The van der Waals surface area contributed by atoms with Gasteiger partial charge in [0.05, 0.1) is 7.11 Å². The van der Waals surface area contributed by atoms with Gasteiger partial charge in [0.2, 0.25) is 5.91 Å². The molecule has 1 spiro atoms. The Morgan fingerprint density at radius 3 is 2.67 bits per heavy atom. The zero-order valence-corrected chi connectivity index (χ0v) is 15.9. The van der Waals surface area contributed by atoms with E-state index in [2.05, 4.69) is 4.90 Å². The third-order valence-corrected chi connectivity index (χ3v) is 6.46. The predicted molar refractivity (Wildman–Crippen MR) is 101 cm³/mol. The largest absolute Gasteiger partial charge is 0.504 e. The molecule has 1 saturated carbocycles. The van der Waals surface area contributed by atoms with Gasteiger partial charge in [-0.25, -0.2) is 0 Å². The Morgan fingerprint density at radius 1 is 1.26 bits per heavy atom. The molecule has 1 aromatic carbocycles. The molecule has 2 saturated heterocycles. The van der Waals surface area contributed by atoms with Crippen molar-refractivity contribution in [1.82, 2.24) is 9.80 Å². The van der Waals surface area contributed by atoms with Gasteiger partial charge in [-0.1, -0.05) is 0 Å². The van der Waals surface area contributed by atoms with Gasteiger partial charge in [-0.2, -0.15) is 0 Å². The van der Waals surface area contributed by atoms with Crippen molar-refractivity contribution in [3.63, 3.8) is 0 Å². The molecule has 1 N–H and O–H groups in total. The maximum atomic E-state index is 12.8. The highest BCUT2D eigenvalue weighted by molar-refractivity contribution is 5.95. The quantitative estimate of drug-likeness (QED) is 0.882. The summed E-state index contributed by atoms with van der Waals surface area (Å²) in [6, 6.07) is 4.74. The number of phenolic OH excluding ortho intramolecular Hbond substituents is 1. The predicted octanol–water partition coefficient (Wildman–Crippen LogP) is 2.66. The van der Waals surface area contributed by atoms with E-state index in [1.807, 2.05) is 4.90 Å². The van der Waals surface area contributed by atoms with Crippen LogP contribution in [0.3, 0.4) is 0 Å². The lowest BCUT2D eigenvalue weighted by atomic mass is 9.72. The summed E-state index contributed by atoms with van der Waals surface area (Å²) in [5.41, 5.74) is 0.710. The standard InChI is InChI=1S/C21H28N2O4/c1-27-18-12-16(4-5-17(18)24)20(26)22-10-8-21(9-11-22)7-6-19(25)23(14-21)13-15-2-3-15/h4-5,12,15,24H,2-3,6-11,13-14H2,1H3. The zero-order chi connectivity index (χ0) is 19.0. The van der Waals surface area contributed by atoms with E-state index in [0.717, 1.165) is 38.3 Å². The molecule has 6 nitrogen and oxygen atoms in total. The second-order valence-corrected chi connectivity index (χ2v) is 8.40. The van der Waals surface area contributed by atoms with Crippen molar-refractivity contribution in [1.29, 1.82) is 0 Å². The fourth-order valence-electron chi connectivity index (χ4n) is 4.47. The number of amides is 2. The SMILES string of the molecule is COc1cc(C(=O)N2CCC3(CCC(=O)N(CC4CC4)C3)CC2)ccc1O. The minimum Gasteiger partial charge on any atom is -0.504 e. The Hall–Kier alpha value is -2.24. The number of benzene rings is 1. The van der Waals surface area contributed by atoms with Crippen LogP contribution in [0.4, 0.5) is 0 Å². The number of rotatable bonds is 4. The molecular weight excluding hydrogens is 344 g/mol. The first kappa shape index (κ1) is 18.1. The molecule has 2 aliphatic heterocycles. The molecule has 0 atom stereocenters. The molecule has 0 unspecified atom stereocenters. The molecule has 27 heavy (non-hydrogen) atoms. The smallest absolute Gasteiger partial charge is 0.253 e. The second kappa shape index (κ2) is 7.06. The van der Waals surface area contributed by atoms with Gasteiger partial charge in [-0.15, -0.1) is 0 Å². The van der Waals surface area contributed by atoms with Crippen molar-refractivity contribution in [2.45, 2.75) is 38.5 Å². The molecule has 2 heterocycles. The van der Waals surface area contributed by atoms with Crippen LogP contribution in [0.2, 0.25) is 0 Å². The second-order valence-electron chi connectivity index (χ2n) is 8.40. The third kappa shape index (κ3) is 3.75. The van der Waals surface area contributed by atoms with Crippen molar-refractivity contribution < 1.29 is 19.4 Å². The van der Waals surface area contributed by atoms with Gasteiger partial charge in [-0.3, -0.25) is 9.59 Å². The average molecular weight is 372 g/mol. The molecule has 3 aliphatic rings. The van der Waals surface area contributed by atoms with Crippen LogP contribution in [0, 0.1) is 11.3 Å². The average Bonchev–Trinajstić information content (AvgIpc) is 3.49. The van der Waals surface area contributed by atoms with Crippen LogP contribution in [0.1, 0.15) is 48.9 Å². The number of likely N-dealkylation sites (tertiary alicyclic amines) is 2. The first-order valence-corrected chi connectivity index (χ1v) is 9.94. The molecule has 1 aromatic rings. The van der Waals surface area contributed by atoms with Crippen LogP contribution in [-0.4, -0.2) is 60.0 Å². The molecule has 3 fully saturated rings. The number of hydrogen-bond acceptors (Lipinski definition) is 4. The van der Waals surface area contributed by atoms with Gasteiger partial charge in [0.15, 0.2) is 11.5 Å². The Morgan fingerprint density at radius 2 is 2.00 bits per heavy atom. The maximum Gasteiger partial charge on any atom is 0.253 e. The highest BCUT2D eigenvalue weighted by Gasteiger charge is 2.42. The fourth-order valence-corrected chi connectivity index (χ4v) is 4.47. The highest BCUT2D eigenvalue weighted by atomic mass is 16.5. The molecular formula is C21H28N2O4. The first-order valence-electron chi connectivity index (χ1n) is 9.94. The van der Waals surface area contributed by atoms with E-state index in [1.165, 1.54) is 26.0 Å². The number of carbonyl (C=O) groups is 2. The summed E-state index contributed by atoms with van der Waals surface area (Å²) < 4.78 is 5.11. The Bertz CT molecular complexity index is 736. The number of nitrogens with zero attached hydrogens (tertiary/aromatic N) is 2. The van der Waals surface area contributed by atoms with E-state index >= 15 is 0 Å². The minimum absolute atomic E-state index is 0.0233. The third-order valence-electron chi connectivity index (χ3n) is 6.46. The van der Waals surface area contributed by atoms with Crippen LogP contribution in [0.25, 0.3) is 0 Å². The molecule has 0 bridgehead atoms. The van der Waals surface area contributed by atoms with Gasteiger partial charge in [-0.05, 0) is 61.6 Å². The molecule has 2 amide bonds. The van der Waals surface area contributed by atoms with E-state index in [0.29, 0.717) is 36.7 Å². The van der Waals surface area contributed by atoms with Crippen LogP contribution in [0.5, 0.6) is 11.5 Å². The topological polar surface area (TPSA) is 70.1 Å². The Balaban J connectivity index is 1.39. The summed E-state index contributed by atoms with van der Waals surface area (Å²) >= 11 is 0. The zero-order valence-electron chi connectivity index (χ0n) is 15.9. The maximum absolute atomic E-state index is 12.8. The lowest BCUT2D eigenvalue weighted by Gasteiger charge is -2.47. The summed E-state index contributed by atoms with van der Waals surface area (Å²) in [5, 5.41) is 9.72. The highest BCUT2D eigenvalue weighted by Crippen LogP contribution is 2.42. The monoisotopic (exact) mass is 372 g/mol.